The number of halogens is 1. The van der Waals surface area contributed by atoms with Crippen molar-refractivity contribution in [3.8, 4) is 0 Å². The molecule has 0 spiro atoms. The lowest BCUT2D eigenvalue weighted by atomic mass is 9.88. The van der Waals surface area contributed by atoms with Crippen molar-refractivity contribution < 1.29 is 9.47 Å². The molecule has 2 aromatic carbocycles. The number of benzene rings is 2. The van der Waals surface area contributed by atoms with Gasteiger partial charge in [0.1, 0.15) is 6.10 Å². The molecule has 0 aromatic heterocycles. The van der Waals surface area contributed by atoms with Crippen LogP contribution in [-0.4, -0.2) is 63.0 Å². The highest BCUT2D eigenvalue weighted by Crippen LogP contribution is 2.27. The summed E-state index contributed by atoms with van der Waals surface area (Å²) < 4.78 is 11.8. The third kappa shape index (κ3) is 6.43. The van der Waals surface area contributed by atoms with E-state index in [0.717, 1.165) is 58.1 Å². The zero-order valence-electron chi connectivity index (χ0n) is 18.3. The van der Waals surface area contributed by atoms with E-state index in [1.54, 1.807) is 0 Å². The van der Waals surface area contributed by atoms with Gasteiger partial charge < -0.3 is 19.7 Å². The maximum Gasteiger partial charge on any atom is 0.193 e. The molecule has 2 aromatic rings. The summed E-state index contributed by atoms with van der Waals surface area (Å²) in [5.41, 5.74) is 2.70. The molecule has 0 bridgehead atoms. The standard InChI is InChI=1S/C25H33N3O2.HI/c1-26-25(28-16-18-30-24(19-28)23-13-8-17-29-23)27-15-14-22(20-9-4-2-5-10-20)21-11-6-3-7-12-21;/h2-7,9-12,22-24H,8,13-19H2,1H3,(H,26,27);1H. The van der Waals surface area contributed by atoms with Crippen LogP contribution < -0.4 is 5.32 Å². The largest absolute Gasteiger partial charge is 0.375 e. The Morgan fingerprint density at radius 1 is 1.00 bits per heavy atom. The summed E-state index contributed by atoms with van der Waals surface area (Å²) in [5.74, 6) is 1.32. The van der Waals surface area contributed by atoms with Gasteiger partial charge in [-0.1, -0.05) is 60.7 Å². The van der Waals surface area contributed by atoms with Crippen LogP contribution in [0.5, 0.6) is 0 Å². The normalized spacial score (nSPS) is 21.7. The Morgan fingerprint density at radius 2 is 1.65 bits per heavy atom. The maximum atomic E-state index is 6.00. The molecule has 0 radical (unpaired) electrons. The van der Waals surface area contributed by atoms with Gasteiger partial charge >= 0.3 is 0 Å². The van der Waals surface area contributed by atoms with Gasteiger partial charge in [0.05, 0.1) is 12.7 Å². The number of guanidine groups is 1. The lowest BCUT2D eigenvalue weighted by Gasteiger charge is -2.37. The van der Waals surface area contributed by atoms with E-state index in [4.69, 9.17) is 9.47 Å². The number of ether oxygens (including phenoxy) is 2. The Morgan fingerprint density at radius 3 is 2.23 bits per heavy atom. The second-order valence-electron chi connectivity index (χ2n) is 8.04. The summed E-state index contributed by atoms with van der Waals surface area (Å²) in [6.07, 6.45) is 3.61. The van der Waals surface area contributed by atoms with Crippen LogP contribution in [0.4, 0.5) is 0 Å². The van der Waals surface area contributed by atoms with E-state index in [9.17, 15) is 0 Å². The van der Waals surface area contributed by atoms with Crippen LogP contribution in [0.1, 0.15) is 36.3 Å². The zero-order chi connectivity index (χ0) is 20.6. The number of hydrogen-bond donors (Lipinski definition) is 1. The number of rotatable bonds is 6. The van der Waals surface area contributed by atoms with Gasteiger partial charge in [-0.2, -0.15) is 0 Å². The first-order chi connectivity index (χ1) is 14.8. The molecule has 2 unspecified atom stereocenters. The minimum Gasteiger partial charge on any atom is -0.375 e. The average molecular weight is 535 g/mol. The molecule has 0 aliphatic carbocycles. The number of nitrogens with zero attached hydrogens (tertiary/aromatic N) is 2. The molecule has 31 heavy (non-hydrogen) atoms. The van der Waals surface area contributed by atoms with Gasteiger partial charge in [-0.25, -0.2) is 0 Å². The van der Waals surface area contributed by atoms with Gasteiger partial charge in [-0.05, 0) is 30.4 Å². The third-order valence-corrected chi connectivity index (χ3v) is 6.10. The summed E-state index contributed by atoms with van der Waals surface area (Å²) in [4.78, 5) is 6.87. The van der Waals surface area contributed by atoms with Crippen LogP contribution >= 0.6 is 24.0 Å². The Hall–Kier alpha value is -1.64. The van der Waals surface area contributed by atoms with E-state index in [1.165, 1.54) is 11.1 Å². The van der Waals surface area contributed by atoms with Gasteiger partial charge in [-0.3, -0.25) is 4.99 Å². The highest BCUT2D eigenvalue weighted by molar-refractivity contribution is 14.0. The molecule has 5 nitrogen and oxygen atoms in total. The topological polar surface area (TPSA) is 46.1 Å². The Labute approximate surface area is 203 Å². The highest BCUT2D eigenvalue weighted by atomic mass is 127. The van der Waals surface area contributed by atoms with Gasteiger partial charge in [-0.15, -0.1) is 24.0 Å². The lowest BCUT2D eigenvalue weighted by Crippen LogP contribution is -2.53. The summed E-state index contributed by atoms with van der Waals surface area (Å²) >= 11 is 0. The molecule has 2 aliphatic rings. The van der Waals surface area contributed by atoms with Crippen LogP contribution in [0.25, 0.3) is 0 Å². The van der Waals surface area contributed by atoms with Crippen LogP contribution in [0.2, 0.25) is 0 Å². The minimum absolute atomic E-state index is 0. The van der Waals surface area contributed by atoms with Gasteiger partial charge in [0, 0.05) is 39.2 Å². The Balaban J connectivity index is 0.00000272. The Bertz CT molecular complexity index is 757. The fourth-order valence-electron chi connectivity index (χ4n) is 4.55. The van der Waals surface area contributed by atoms with Crippen molar-refractivity contribution in [2.75, 3.05) is 39.9 Å². The van der Waals surface area contributed by atoms with Crippen LogP contribution in [0, 0.1) is 0 Å². The number of nitrogens with one attached hydrogen (secondary N) is 1. The molecule has 6 heteroatoms. The summed E-state index contributed by atoms with van der Waals surface area (Å²) in [7, 11) is 1.87. The molecule has 0 saturated carbocycles. The van der Waals surface area contributed by atoms with Gasteiger partial charge in [0.25, 0.3) is 0 Å². The molecule has 0 amide bonds. The minimum atomic E-state index is 0. The lowest BCUT2D eigenvalue weighted by molar-refractivity contribution is -0.0816. The molecular weight excluding hydrogens is 501 g/mol. The highest BCUT2D eigenvalue weighted by Gasteiger charge is 2.32. The Kier molecular flexibility index (Phi) is 9.61. The van der Waals surface area contributed by atoms with E-state index in [-0.39, 0.29) is 36.2 Å². The van der Waals surface area contributed by atoms with E-state index >= 15 is 0 Å². The maximum absolute atomic E-state index is 6.00. The summed E-state index contributed by atoms with van der Waals surface area (Å²) in [5, 5.41) is 3.60. The first-order valence-corrected chi connectivity index (χ1v) is 11.1. The molecule has 2 aliphatic heterocycles. The average Bonchev–Trinajstić information content (AvgIpc) is 3.36. The van der Waals surface area contributed by atoms with Crippen LogP contribution in [0.15, 0.2) is 65.7 Å². The SMILES string of the molecule is CN=C(NCCC(c1ccccc1)c1ccccc1)N1CCOC(C2CCCO2)C1.I. The summed E-state index contributed by atoms with van der Waals surface area (Å²) in [6, 6.07) is 21.5. The number of hydrogen-bond acceptors (Lipinski definition) is 3. The monoisotopic (exact) mass is 535 g/mol. The van der Waals surface area contributed by atoms with Crippen molar-refractivity contribution in [1.29, 1.82) is 0 Å². The fraction of sp³-hybridized carbons (Fsp3) is 0.480. The molecule has 2 atom stereocenters. The van der Waals surface area contributed by atoms with Crippen LogP contribution in [-0.2, 0) is 9.47 Å². The van der Waals surface area contributed by atoms with Gasteiger partial charge in [0.2, 0.25) is 0 Å². The van der Waals surface area contributed by atoms with Crippen molar-refractivity contribution >= 4 is 29.9 Å². The van der Waals surface area contributed by atoms with E-state index < -0.39 is 0 Å². The van der Waals surface area contributed by atoms with Crippen molar-refractivity contribution in [2.45, 2.75) is 37.4 Å². The molecule has 2 heterocycles. The third-order valence-electron chi connectivity index (χ3n) is 6.10. The number of aliphatic imine (C=N–C) groups is 1. The van der Waals surface area contributed by atoms with E-state index in [2.05, 4.69) is 75.9 Å². The first-order valence-electron chi connectivity index (χ1n) is 11.1. The second-order valence-corrected chi connectivity index (χ2v) is 8.04. The van der Waals surface area contributed by atoms with Crippen molar-refractivity contribution in [1.82, 2.24) is 10.2 Å². The molecule has 1 N–H and O–H groups in total. The van der Waals surface area contributed by atoms with Crippen molar-refractivity contribution in [2.24, 2.45) is 4.99 Å². The molecule has 2 saturated heterocycles. The molecule has 4 rings (SSSR count). The van der Waals surface area contributed by atoms with Crippen molar-refractivity contribution in [3.05, 3.63) is 71.8 Å². The molecule has 2 fully saturated rings. The molecule has 168 valence electrons. The fourth-order valence-corrected chi connectivity index (χ4v) is 4.55. The quantitative estimate of drug-likeness (QED) is 0.341. The number of morpholine rings is 1. The van der Waals surface area contributed by atoms with E-state index in [1.807, 2.05) is 7.05 Å². The molecular formula is C25H34IN3O2. The predicted octanol–water partition coefficient (Wildman–Crippen LogP) is 4.28. The predicted molar refractivity (Wildman–Crippen MR) is 136 cm³/mol. The first kappa shape index (κ1) is 24.0. The smallest absolute Gasteiger partial charge is 0.193 e. The second kappa shape index (κ2) is 12.4. The zero-order valence-corrected chi connectivity index (χ0v) is 20.6. The van der Waals surface area contributed by atoms with Crippen molar-refractivity contribution in [3.63, 3.8) is 0 Å². The van der Waals surface area contributed by atoms with Gasteiger partial charge in [0.15, 0.2) is 5.96 Å². The van der Waals surface area contributed by atoms with E-state index in [0.29, 0.717) is 5.92 Å². The van der Waals surface area contributed by atoms with Crippen LogP contribution in [0.3, 0.4) is 0 Å². The summed E-state index contributed by atoms with van der Waals surface area (Å²) in [6.45, 7) is 4.15.